The van der Waals surface area contributed by atoms with Gasteiger partial charge in [0.05, 0.1) is 23.2 Å². The average Bonchev–Trinajstić information content (AvgIpc) is 3.05. The number of aromatic nitrogens is 6. The van der Waals surface area contributed by atoms with Gasteiger partial charge in [-0.15, -0.1) is 10.2 Å². The summed E-state index contributed by atoms with van der Waals surface area (Å²) in [7, 11) is 0. The molecule has 0 saturated heterocycles. The Labute approximate surface area is 112 Å². The van der Waals surface area contributed by atoms with Gasteiger partial charge in [-0.2, -0.15) is 5.21 Å². The number of tetrazole rings is 1. The molecule has 0 fully saturated rings. The molecule has 20 heavy (non-hydrogen) atoms. The normalized spacial score (nSPS) is 10.9. The van der Waals surface area contributed by atoms with E-state index in [0.29, 0.717) is 33.9 Å². The molecule has 0 aliphatic rings. The van der Waals surface area contributed by atoms with Crippen molar-refractivity contribution in [1.29, 1.82) is 0 Å². The monoisotopic (exact) mass is 273 g/mol. The summed E-state index contributed by atoms with van der Waals surface area (Å²) in [5.74, 6) is 0.138. The van der Waals surface area contributed by atoms with Gasteiger partial charge in [0.1, 0.15) is 0 Å². The van der Waals surface area contributed by atoms with Crippen LogP contribution in [-0.4, -0.2) is 36.7 Å². The first-order valence-corrected chi connectivity index (χ1v) is 5.89. The van der Waals surface area contributed by atoms with Crippen LogP contribution < -0.4 is 5.32 Å². The third-order valence-corrected chi connectivity index (χ3v) is 2.79. The van der Waals surface area contributed by atoms with E-state index < -0.39 is 0 Å². The summed E-state index contributed by atoms with van der Waals surface area (Å²) in [6, 6.07) is 1.69. The largest absolute Gasteiger partial charge is 0.345 e. The summed E-state index contributed by atoms with van der Waals surface area (Å²) in [6.07, 6.45) is 0. The zero-order chi connectivity index (χ0) is 14.1. The molecular formula is C11H11N7O2. The first kappa shape index (κ1) is 12.2. The number of nitrogens with one attached hydrogen (secondary N) is 2. The summed E-state index contributed by atoms with van der Waals surface area (Å²) in [6.45, 7) is 3.73. The van der Waals surface area contributed by atoms with Crippen molar-refractivity contribution in [3.05, 3.63) is 28.8 Å². The second-order valence-electron chi connectivity index (χ2n) is 4.27. The minimum Gasteiger partial charge on any atom is -0.345 e. The van der Waals surface area contributed by atoms with Crippen LogP contribution in [0.2, 0.25) is 0 Å². The molecule has 0 radical (unpaired) electrons. The van der Waals surface area contributed by atoms with Gasteiger partial charge in [0.25, 0.3) is 11.6 Å². The second kappa shape index (κ2) is 4.68. The van der Waals surface area contributed by atoms with Crippen molar-refractivity contribution >= 4 is 17.0 Å². The van der Waals surface area contributed by atoms with E-state index in [9.17, 15) is 4.79 Å². The van der Waals surface area contributed by atoms with Gasteiger partial charge in [-0.1, -0.05) is 10.4 Å². The Hall–Kier alpha value is -2.84. The molecule has 9 nitrogen and oxygen atoms in total. The first-order chi connectivity index (χ1) is 9.65. The van der Waals surface area contributed by atoms with E-state index in [1.807, 2.05) is 0 Å². The van der Waals surface area contributed by atoms with Crippen LogP contribution in [0.15, 0.2) is 10.6 Å². The quantitative estimate of drug-likeness (QED) is 0.702. The van der Waals surface area contributed by atoms with Gasteiger partial charge < -0.3 is 9.84 Å². The summed E-state index contributed by atoms with van der Waals surface area (Å²) in [4.78, 5) is 16.5. The molecule has 0 atom stereocenters. The predicted octanol–water partition coefficient (Wildman–Crippen LogP) is 0.283. The first-order valence-electron chi connectivity index (χ1n) is 5.89. The molecule has 3 rings (SSSR count). The van der Waals surface area contributed by atoms with E-state index in [4.69, 9.17) is 4.52 Å². The third kappa shape index (κ3) is 2.09. The summed E-state index contributed by atoms with van der Waals surface area (Å²) in [5.41, 5.74) is 2.12. The van der Waals surface area contributed by atoms with E-state index in [2.05, 4.69) is 36.1 Å². The van der Waals surface area contributed by atoms with E-state index in [-0.39, 0.29) is 12.5 Å². The summed E-state index contributed by atoms with van der Waals surface area (Å²) >= 11 is 0. The maximum atomic E-state index is 12.3. The van der Waals surface area contributed by atoms with Crippen molar-refractivity contribution in [2.45, 2.75) is 20.4 Å². The van der Waals surface area contributed by atoms with Crippen LogP contribution in [0.4, 0.5) is 0 Å². The molecule has 0 saturated carbocycles. The van der Waals surface area contributed by atoms with Crippen LogP contribution in [0.3, 0.4) is 0 Å². The van der Waals surface area contributed by atoms with E-state index in [1.165, 1.54) is 0 Å². The Bertz CT molecular complexity index is 763. The van der Waals surface area contributed by atoms with Gasteiger partial charge in [0, 0.05) is 5.69 Å². The van der Waals surface area contributed by atoms with Crippen molar-refractivity contribution in [1.82, 2.24) is 36.1 Å². The zero-order valence-electron chi connectivity index (χ0n) is 10.8. The standard InChI is InChI=1S/C11H11N7O2/c1-5-3-7(9-6(2)16-20-11(9)13-5)10(19)12-4-8-14-17-18-15-8/h3H,4H2,1-2H3,(H,12,19)(H,14,15,17,18). The third-order valence-electron chi connectivity index (χ3n) is 2.79. The zero-order valence-corrected chi connectivity index (χ0v) is 10.8. The number of carbonyl (C=O) groups is 1. The van der Waals surface area contributed by atoms with E-state index >= 15 is 0 Å². The number of nitrogens with zero attached hydrogens (tertiary/aromatic N) is 5. The lowest BCUT2D eigenvalue weighted by molar-refractivity contribution is 0.0951. The number of hydrogen-bond acceptors (Lipinski definition) is 7. The van der Waals surface area contributed by atoms with Gasteiger partial charge in [0.2, 0.25) is 0 Å². The van der Waals surface area contributed by atoms with E-state index in [1.54, 1.807) is 19.9 Å². The van der Waals surface area contributed by atoms with Gasteiger partial charge in [-0.05, 0) is 19.9 Å². The van der Waals surface area contributed by atoms with Gasteiger partial charge >= 0.3 is 0 Å². The molecule has 9 heteroatoms. The number of aromatic amines is 1. The number of amides is 1. The van der Waals surface area contributed by atoms with Crippen molar-refractivity contribution in [2.75, 3.05) is 0 Å². The molecule has 0 spiro atoms. The fourth-order valence-corrected chi connectivity index (χ4v) is 1.91. The number of rotatable bonds is 3. The molecule has 0 aromatic carbocycles. The van der Waals surface area contributed by atoms with Crippen LogP contribution in [-0.2, 0) is 6.54 Å². The number of hydrogen-bond donors (Lipinski definition) is 2. The maximum absolute atomic E-state index is 12.3. The molecule has 2 N–H and O–H groups in total. The molecule has 0 unspecified atom stereocenters. The number of pyridine rings is 1. The highest BCUT2D eigenvalue weighted by molar-refractivity contribution is 6.05. The predicted molar refractivity (Wildman–Crippen MR) is 66.6 cm³/mol. The van der Waals surface area contributed by atoms with Crippen molar-refractivity contribution in [3.8, 4) is 0 Å². The Morgan fingerprint density at radius 1 is 1.45 bits per heavy atom. The average molecular weight is 273 g/mol. The van der Waals surface area contributed by atoms with Gasteiger partial charge in [-0.25, -0.2) is 4.98 Å². The van der Waals surface area contributed by atoms with Crippen LogP contribution >= 0.6 is 0 Å². The fourth-order valence-electron chi connectivity index (χ4n) is 1.91. The summed E-state index contributed by atoms with van der Waals surface area (Å²) in [5, 5.41) is 20.4. The highest BCUT2D eigenvalue weighted by Gasteiger charge is 2.17. The molecule has 0 bridgehead atoms. The SMILES string of the molecule is Cc1cc(C(=O)NCc2nn[nH]n2)c2c(C)noc2n1. The van der Waals surface area contributed by atoms with Gasteiger partial charge in [-0.3, -0.25) is 4.79 Å². The maximum Gasteiger partial charge on any atom is 0.258 e. The molecule has 3 aromatic heterocycles. The lowest BCUT2D eigenvalue weighted by Crippen LogP contribution is -2.24. The second-order valence-corrected chi connectivity index (χ2v) is 4.27. The lowest BCUT2D eigenvalue weighted by atomic mass is 10.1. The number of fused-ring (bicyclic) bond motifs is 1. The Kier molecular flexibility index (Phi) is 2.86. The van der Waals surface area contributed by atoms with Crippen LogP contribution in [0.25, 0.3) is 11.1 Å². The van der Waals surface area contributed by atoms with Crippen LogP contribution in [0.5, 0.6) is 0 Å². The highest BCUT2D eigenvalue weighted by Crippen LogP contribution is 2.21. The molecule has 1 amide bonds. The number of aryl methyl sites for hydroxylation is 2. The topological polar surface area (TPSA) is 122 Å². The summed E-state index contributed by atoms with van der Waals surface area (Å²) < 4.78 is 5.09. The molecule has 102 valence electrons. The Morgan fingerprint density at radius 3 is 3.05 bits per heavy atom. The highest BCUT2D eigenvalue weighted by atomic mass is 16.5. The van der Waals surface area contributed by atoms with Crippen LogP contribution in [0, 0.1) is 13.8 Å². The van der Waals surface area contributed by atoms with Crippen molar-refractivity contribution in [2.24, 2.45) is 0 Å². The van der Waals surface area contributed by atoms with Gasteiger partial charge in [0.15, 0.2) is 5.82 Å². The Morgan fingerprint density at radius 2 is 2.30 bits per heavy atom. The smallest absolute Gasteiger partial charge is 0.258 e. The molecular weight excluding hydrogens is 262 g/mol. The molecule has 0 aliphatic carbocycles. The van der Waals surface area contributed by atoms with Crippen molar-refractivity contribution < 1.29 is 9.32 Å². The van der Waals surface area contributed by atoms with Crippen LogP contribution in [0.1, 0.15) is 27.6 Å². The molecule has 3 aromatic rings. The van der Waals surface area contributed by atoms with E-state index in [0.717, 1.165) is 0 Å². The minimum absolute atomic E-state index is 0.183. The number of H-pyrrole nitrogens is 1. The Balaban J connectivity index is 1.92. The minimum atomic E-state index is -0.267. The molecule has 3 heterocycles. The van der Waals surface area contributed by atoms with Crippen molar-refractivity contribution in [3.63, 3.8) is 0 Å². The lowest BCUT2D eigenvalue weighted by Gasteiger charge is -2.04. The fraction of sp³-hybridized carbons (Fsp3) is 0.273. The molecule has 0 aliphatic heterocycles. The number of carbonyl (C=O) groups excluding carboxylic acids is 1.